The second kappa shape index (κ2) is 17.2. The van der Waals surface area contributed by atoms with Crippen LogP contribution < -0.4 is 32.7 Å². The lowest BCUT2D eigenvalue weighted by Gasteiger charge is -2.30. The molecule has 0 aliphatic rings. The Balaban J connectivity index is 2.25. The first-order valence-electron chi connectivity index (χ1n) is 14.9. The number of nitrogens with one attached hydrogen (secondary N) is 4. The minimum atomic E-state index is -2.11. The highest BCUT2D eigenvalue weighted by Crippen LogP contribution is 2.19. The summed E-state index contributed by atoms with van der Waals surface area (Å²) in [6, 6.07) is 11.7. The molecule has 13 nitrogen and oxygen atoms in total. The SMILES string of the molecule is CC(C)C[C@H](NC(=O)[C@@H](NC(=O)[C@@H](N)CN)C(C)C)C(=O)NCC(O)(CCc1ccccc1)C(=O)Nc1cccc(C(=O)O)c1. The van der Waals surface area contributed by atoms with E-state index in [0.717, 1.165) is 5.56 Å². The lowest BCUT2D eigenvalue weighted by atomic mass is 9.93. The molecule has 4 amide bonds. The molecule has 0 saturated carbocycles. The van der Waals surface area contributed by atoms with Gasteiger partial charge in [0.25, 0.3) is 5.91 Å². The molecule has 1 unspecified atom stereocenters. The van der Waals surface area contributed by atoms with Gasteiger partial charge in [-0.2, -0.15) is 0 Å². The Morgan fingerprint density at radius 1 is 0.889 bits per heavy atom. The average molecular weight is 627 g/mol. The summed E-state index contributed by atoms with van der Waals surface area (Å²) >= 11 is 0. The van der Waals surface area contributed by atoms with Crippen LogP contribution in [0.15, 0.2) is 54.6 Å². The van der Waals surface area contributed by atoms with E-state index in [0.29, 0.717) is 6.42 Å². The van der Waals surface area contributed by atoms with Gasteiger partial charge in [-0.05, 0) is 54.9 Å². The van der Waals surface area contributed by atoms with Gasteiger partial charge in [-0.3, -0.25) is 19.2 Å². The van der Waals surface area contributed by atoms with Crippen LogP contribution >= 0.6 is 0 Å². The highest BCUT2D eigenvalue weighted by atomic mass is 16.4. The van der Waals surface area contributed by atoms with Crippen molar-refractivity contribution in [2.24, 2.45) is 23.3 Å². The van der Waals surface area contributed by atoms with Crippen molar-refractivity contribution >= 4 is 35.3 Å². The number of aryl methyl sites for hydroxylation is 1. The zero-order valence-electron chi connectivity index (χ0n) is 26.2. The van der Waals surface area contributed by atoms with Gasteiger partial charge in [-0.25, -0.2) is 4.79 Å². The first-order chi connectivity index (χ1) is 21.2. The average Bonchev–Trinajstić information content (AvgIpc) is 3.00. The third kappa shape index (κ3) is 11.6. The number of hydrogen-bond donors (Lipinski definition) is 8. The summed E-state index contributed by atoms with van der Waals surface area (Å²) in [5, 5.41) is 31.4. The summed E-state index contributed by atoms with van der Waals surface area (Å²) in [6.45, 7) is 6.58. The van der Waals surface area contributed by atoms with Gasteiger partial charge >= 0.3 is 5.97 Å². The zero-order valence-corrected chi connectivity index (χ0v) is 26.2. The summed E-state index contributed by atoms with van der Waals surface area (Å²) in [5.41, 5.74) is 10.0. The highest BCUT2D eigenvalue weighted by Gasteiger charge is 2.38. The normalized spacial score (nSPS) is 14.5. The number of hydrogen-bond acceptors (Lipinski definition) is 8. The summed E-state index contributed by atoms with van der Waals surface area (Å²) in [4.78, 5) is 63.9. The molecule has 10 N–H and O–H groups in total. The predicted molar refractivity (Wildman–Crippen MR) is 170 cm³/mol. The topological polar surface area (TPSA) is 226 Å². The molecule has 2 rings (SSSR count). The lowest BCUT2D eigenvalue weighted by molar-refractivity contribution is -0.137. The summed E-state index contributed by atoms with van der Waals surface area (Å²) in [5.74, 6) is -4.22. The molecule has 0 saturated heterocycles. The van der Waals surface area contributed by atoms with Crippen molar-refractivity contribution in [1.82, 2.24) is 16.0 Å². The van der Waals surface area contributed by atoms with E-state index in [-0.39, 0.29) is 42.5 Å². The molecule has 0 spiro atoms. The van der Waals surface area contributed by atoms with Crippen molar-refractivity contribution in [3.05, 3.63) is 65.7 Å². The molecular weight excluding hydrogens is 580 g/mol. The highest BCUT2D eigenvalue weighted by molar-refractivity contribution is 5.99. The van der Waals surface area contributed by atoms with E-state index in [1.807, 2.05) is 44.2 Å². The molecule has 0 heterocycles. The molecular formula is C32H46N6O7. The summed E-state index contributed by atoms with van der Waals surface area (Å²) in [7, 11) is 0. The third-order valence-electron chi connectivity index (χ3n) is 7.19. The van der Waals surface area contributed by atoms with Crippen LogP contribution in [0.1, 0.15) is 56.5 Å². The number of carbonyl (C=O) groups excluding carboxylic acids is 4. The Morgan fingerprint density at radius 3 is 2.13 bits per heavy atom. The summed E-state index contributed by atoms with van der Waals surface area (Å²) < 4.78 is 0. The fourth-order valence-electron chi connectivity index (χ4n) is 4.48. The number of carboxylic acids is 1. The first-order valence-corrected chi connectivity index (χ1v) is 14.9. The Bertz CT molecular complexity index is 1320. The van der Waals surface area contributed by atoms with Gasteiger partial charge in [0.2, 0.25) is 17.7 Å². The standard InChI is InChI=1S/C32H46N6O7/c1-19(2)15-25(37-29(41)26(20(3)4)38-27(39)24(34)17-33)28(40)35-18-32(45,14-13-21-9-6-5-7-10-21)31(44)36-23-12-8-11-22(16-23)30(42)43/h5-12,16,19-20,24-26,45H,13-15,17-18,33-34H2,1-4H3,(H,35,40)(H,36,44)(H,37,41)(H,38,39)(H,42,43)/t24-,25-,26-,32?/m0/s1. The fourth-order valence-corrected chi connectivity index (χ4v) is 4.48. The summed E-state index contributed by atoms with van der Waals surface area (Å²) in [6.07, 6.45) is 0.448. The Labute approximate surface area is 263 Å². The number of carboxylic acid groups (broad SMARTS) is 1. The lowest BCUT2D eigenvalue weighted by Crippen LogP contribution is -2.59. The van der Waals surface area contributed by atoms with Crippen LogP contribution in [0.5, 0.6) is 0 Å². The molecule has 2 aromatic carbocycles. The van der Waals surface area contributed by atoms with E-state index in [9.17, 15) is 34.2 Å². The minimum Gasteiger partial charge on any atom is -0.478 e. The van der Waals surface area contributed by atoms with E-state index >= 15 is 0 Å². The molecule has 0 radical (unpaired) electrons. The van der Waals surface area contributed by atoms with Crippen molar-refractivity contribution in [3.8, 4) is 0 Å². The van der Waals surface area contributed by atoms with Crippen LogP contribution in [-0.4, -0.2) is 76.6 Å². The number of rotatable bonds is 17. The molecule has 0 fully saturated rings. The Hall–Kier alpha value is -4.33. The van der Waals surface area contributed by atoms with Crippen LogP contribution in [0.4, 0.5) is 5.69 Å². The fraction of sp³-hybridized carbons (Fsp3) is 0.469. The molecule has 45 heavy (non-hydrogen) atoms. The van der Waals surface area contributed by atoms with Gasteiger partial charge in [0.15, 0.2) is 5.60 Å². The minimum absolute atomic E-state index is 0.0272. The van der Waals surface area contributed by atoms with Crippen LogP contribution in [0, 0.1) is 11.8 Å². The maximum Gasteiger partial charge on any atom is 0.335 e. The van der Waals surface area contributed by atoms with Gasteiger partial charge < -0.3 is 42.9 Å². The van der Waals surface area contributed by atoms with Crippen LogP contribution in [-0.2, 0) is 25.6 Å². The maximum absolute atomic E-state index is 13.4. The molecule has 4 atom stereocenters. The quantitative estimate of drug-likeness (QED) is 0.124. The molecule has 13 heteroatoms. The van der Waals surface area contributed by atoms with Crippen LogP contribution in [0.2, 0.25) is 0 Å². The Morgan fingerprint density at radius 2 is 1.56 bits per heavy atom. The predicted octanol–water partition coefficient (Wildman–Crippen LogP) is 0.761. The second-order valence-electron chi connectivity index (χ2n) is 11.8. The van der Waals surface area contributed by atoms with E-state index in [1.54, 1.807) is 13.8 Å². The maximum atomic E-state index is 13.4. The van der Waals surface area contributed by atoms with Crippen molar-refractivity contribution in [3.63, 3.8) is 0 Å². The first kappa shape index (κ1) is 36.9. The van der Waals surface area contributed by atoms with Gasteiger partial charge in [0, 0.05) is 12.2 Å². The van der Waals surface area contributed by atoms with E-state index in [4.69, 9.17) is 11.5 Å². The number of anilines is 1. The zero-order chi connectivity index (χ0) is 33.7. The number of aliphatic hydroxyl groups is 1. The number of aromatic carboxylic acids is 1. The second-order valence-corrected chi connectivity index (χ2v) is 11.8. The smallest absolute Gasteiger partial charge is 0.335 e. The third-order valence-corrected chi connectivity index (χ3v) is 7.19. The van der Waals surface area contributed by atoms with Crippen LogP contribution in [0.25, 0.3) is 0 Å². The molecule has 2 aromatic rings. The number of amides is 4. The van der Waals surface area contributed by atoms with E-state index < -0.39 is 59.9 Å². The van der Waals surface area contributed by atoms with Gasteiger partial charge in [-0.1, -0.05) is 64.1 Å². The molecule has 246 valence electrons. The molecule has 0 aromatic heterocycles. The van der Waals surface area contributed by atoms with E-state index in [2.05, 4.69) is 21.3 Å². The van der Waals surface area contributed by atoms with Crippen LogP contribution in [0.3, 0.4) is 0 Å². The number of benzene rings is 2. The van der Waals surface area contributed by atoms with Crippen molar-refractivity contribution in [1.29, 1.82) is 0 Å². The molecule has 0 aliphatic carbocycles. The van der Waals surface area contributed by atoms with Crippen molar-refractivity contribution in [2.75, 3.05) is 18.4 Å². The molecule has 0 bridgehead atoms. The van der Waals surface area contributed by atoms with Gasteiger partial charge in [0.05, 0.1) is 18.2 Å². The van der Waals surface area contributed by atoms with Gasteiger partial charge in [0.1, 0.15) is 12.1 Å². The van der Waals surface area contributed by atoms with E-state index in [1.165, 1.54) is 24.3 Å². The Kier molecular flexibility index (Phi) is 14.1. The number of nitrogens with two attached hydrogens (primary N) is 2. The largest absolute Gasteiger partial charge is 0.478 e. The van der Waals surface area contributed by atoms with Crippen molar-refractivity contribution in [2.45, 2.75) is 70.7 Å². The van der Waals surface area contributed by atoms with Gasteiger partial charge in [-0.15, -0.1) is 0 Å². The monoisotopic (exact) mass is 626 g/mol. The van der Waals surface area contributed by atoms with Crippen molar-refractivity contribution < 1.29 is 34.2 Å². The molecule has 0 aliphatic heterocycles. The number of carbonyl (C=O) groups is 5.